The van der Waals surface area contributed by atoms with E-state index in [-0.39, 0.29) is 42.3 Å². The standard InChI is InChI=1S/C35H53N3O10/c1-22(26(5)38(45)46)16-12-10-13-17-23(2)29(40)33(6,7)31(42)36-19-15-11-14-18-27(39)24(3)20-28(47-9)35(44)25(4)30(41)37(8)34(35)21-48-32(34)43/h10-18,24-25,27-29,39-40,44-46H,19-21H2,1-9H3,(H,36,42)/b13-10+,15-11+,16-12+,18-14+,23-17+,26-22+/t24-,25+,27+,28+,29-,34-,35-/m1/s1. The van der Waals surface area contributed by atoms with Crippen LogP contribution in [0.1, 0.15) is 54.9 Å². The smallest absolute Gasteiger partial charge is 0.338 e. The number of nitrogens with zero attached hydrogens (tertiary/aromatic N) is 2. The Morgan fingerprint density at radius 1 is 1.15 bits per heavy atom. The second kappa shape index (κ2) is 16.7. The molecule has 0 saturated carbocycles. The summed E-state index contributed by atoms with van der Waals surface area (Å²) in [5.74, 6) is -2.76. The molecular formula is C35H53N3O10. The number of hydroxylamine groups is 2. The van der Waals surface area contributed by atoms with Crippen LogP contribution in [0.5, 0.6) is 0 Å². The van der Waals surface area contributed by atoms with E-state index in [9.17, 15) is 29.7 Å². The Labute approximate surface area is 283 Å². The first-order valence-electron chi connectivity index (χ1n) is 15.9. The zero-order valence-corrected chi connectivity index (χ0v) is 29.4. The van der Waals surface area contributed by atoms with Gasteiger partial charge in [-0.1, -0.05) is 68.5 Å². The van der Waals surface area contributed by atoms with Gasteiger partial charge in [-0.25, -0.2) is 4.79 Å². The number of carbonyl (C=O) groups excluding carboxylic acids is 3. The molecule has 2 heterocycles. The molecule has 0 aliphatic carbocycles. The number of hydrogen-bond acceptors (Lipinski definition) is 11. The molecule has 6 N–H and O–H groups in total. The highest BCUT2D eigenvalue weighted by Gasteiger charge is 2.77. The second-order valence-corrected chi connectivity index (χ2v) is 13.2. The SMILES string of the molecule is CO[C@@H](C[C@@H](C)[C@@H](O)/C=C/C=C/CNC(=O)C(C)(C)[C@H](O)/C(C)=C/C=C/C=C/C(C)=C(\C)N(O)O)[C@]1(O)[C@@H](C)C(=O)N(C)[C@@]12COC2=O. The largest absolute Gasteiger partial charge is 0.460 e. The Morgan fingerprint density at radius 2 is 1.79 bits per heavy atom. The van der Waals surface area contributed by atoms with Gasteiger partial charge in [0.1, 0.15) is 12.2 Å². The molecule has 13 nitrogen and oxygen atoms in total. The van der Waals surface area contributed by atoms with Crippen LogP contribution in [0.2, 0.25) is 0 Å². The number of aliphatic hydroxyl groups is 3. The fraction of sp³-hybridized carbons (Fsp3) is 0.571. The normalized spacial score (nSPS) is 26.8. The van der Waals surface area contributed by atoms with Gasteiger partial charge in [-0.15, -0.1) is 5.23 Å². The first-order valence-corrected chi connectivity index (χ1v) is 15.9. The summed E-state index contributed by atoms with van der Waals surface area (Å²) in [7, 11) is 2.86. The highest BCUT2D eigenvalue weighted by Crippen LogP contribution is 2.51. The first-order chi connectivity index (χ1) is 22.3. The Hall–Kier alpha value is -3.59. The Morgan fingerprint density at radius 3 is 2.33 bits per heavy atom. The highest BCUT2D eigenvalue weighted by atomic mass is 16.8. The van der Waals surface area contributed by atoms with E-state index in [1.54, 1.807) is 103 Å². The van der Waals surface area contributed by atoms with Crippen LogP contribution in [-0.2, 0) is 23.9 Å². The Balaban J connectivity index is 1.92. The van der Waals surface area contributed by atoms with Crippen molar-refractivity contribution in [3.05, 3.63) is 71.5 Å². The van der Waals surface area contributed by atoms with Crippen molar-refractivity contribution >= 4 is 17.8 Å². The number of likely N-dealkylation sites (N-methyl/N-ethyl adjacent to an activating group) is 1. The summed E-state index contributed by atoms with van der Waals surface area (Å²) in [5, 5.41) is 54.4. The number of amides is 2. The van der Waals surface area contributed by atoms with E-state index in [1.807, 2.05) is 0 Å². The summed E-state index contributed by atoms with van der Waals surface area (Å²) in [6.45, 7) is 11.6. The highest BCUT2D eigenvalue weighted by molar-refractivity contribution is 5.99. The van der Waals surface area contributed by atoms with Gasteiger partial charge in [-0.3, -0.25) is 20.0 Å². The average Bonchev–Trinajstić information content (AvgIpc) is 3.20. The van der Waals surface area contributed by atoms with Gasteiger partial charge < -0.3 is 35.0 Å². The lowest BCUT2D eigenvalue weighted by molar-refractivity contribution is -0.278. The molecule has 2 fully saturated rings. The van der Waals surface area contributed by atoms with Gasteiger partial charge in [0.25, 0.3) is 0 Å². The molecule has 0 aromatic rings. The van der Waals surface area contributed by atoms with Crippen molar-refractivity contribution in [2.45, 2.75) is 84.3 Å². The number of nitrogens with one attached hydrogen (secondary N) is 1. The predicted molar refractivity (Wildman–Crippen MR) is 178 cm³/mol. The molecule has 0 bridgehead atoms. The van der Waals surface area contributed by atoms with Crippen molar-refractivity contribution in [3.63, 3.8) is 0 Å². The third-order valence-corrected chi connectivity index (χ3v) is 9.72. The molecule has 2 aliphatic heterocycles. The van der Waals surface area contributed by atoms with Crippen molar-refractivity contribution in [2.75, 3.05) is 27.3 Å². The zero-order valence-electron chi connectivity index (χ0n) is 29.4. The summed E-state index contributed by atoms with van der Waals surface area (Å²) in [6.07, 6.45) is 12.3. The third-order valence-electron chi connectivity index (χ3n) is 9.72. The maximum absolute atomic E-state index is 12.9. The summed E-state index contributed by atoms with van der Waals surface area (Å²) in [5.41, 5.74) is -3.00. The summed E-state index contributed by atoms with van der Waals surface area (Å²) < 4.78 is 10.6. The molecular weight excluding hydrogens is 622 g/mol. The number of aliphatic hydroxyl groups excluding tert-OH is 2. The van der Waals surface area contributed by atoms with Gasteiger partial charge in [0.15, 0.2) is 0 Å². The Bertz CT molecular complexity index is 1360. The molecule has 0 aromatic carbocycles. The van der Waals surface area contributed by atoms with E-state index in [0.717, 1.165) is 0 Å². The molecule has 2 amide bonds. The number of likely N-dealkylation sites (tertiary alicyclic amines) is 1. The van der Waals surface area contributed by atoms with Crippen LogP contribution in [0.15, 0.2) is 71.5 Å². The molecule has 2 aliphatic rings. The number of esters is 1. The van der Waals surface area contributed by atoms with Gasteiger partial charge in [0, 0.05) is 20.7 Å². The molecule has 0 unspecified atom stereocenters. The van der Waals surface area contributed by atoms with Crippen molar-refractivity contribution < 1.29 is 49.6 Å². The number of allylic oxidation sites excluding steroid dienone is 9. The van der Waals surface area contributed by atoms with Crippen molar-refractivity contribution in [2.24, 2.45) is 17.3 Å². The number of cyclic esters (lactones) is 1. The van der Waals surface area contributed by atoms with E-state index in [4.69, 9.17) is 19.9 Å². The van der Waals surface area contributed by atoms with Gasteiger partial charge in [0.05, 0.1) is 35.3 Å². The quantitative estimate of drug-likeness (QED) is 0.0802. The van der Waals surface area contributed by atoms with E-state index >= 15 is 0 Å². The molecule has 1 spiro atoms. The zero-order chi connectivity index (χ0) is 36.6. The fourth-order valence-electron chi connectivity index (χ4n) is 5.98. The lowest BCUT2D eigenvalue weighted by Crippen LogP contribution is -2.76. The van der Waals surface area contributed by atoms with Crippen LogP contribution in [0.4, 0.5) is 0 Å². The minimum absolute atomic E-state index is 0.0516. The second-order valence-electron chi connectivity index (χ2n) is 13.2. The monoisotopic (exact) mass is 675 g/mol. The molecule has 2 rings (SSSR count). The molecule has 0 aromatic heterocycles. The van der Waals surface area contributed by atoms with Crippen LogP contribution in [0, 0.1) is 17.3 Å². The summed E-state index contributed by atoms with van der Waals surface area (Å²) in [4.78, 5) is 39.5. The number of hydrogen-bond donors (Lipinski definition) is 6. The van der Waals surface area contributed by atoms with Crippen molar-refractivity contribution in [3.8, 4) is 0 Å². The fourth-order valence-corrected chi connectivity index (χ4v) is 5.98. The van der Waals surface area contributed by atoms with E-state index in [0.29, 0.717) is 11.1 Å². The minimum Gasteiger partial charge on any atom is -0.460 e. The van der Waals surface area contributed by atoms with E-state index < -0.39 is 52.7 Å². The molecule has 2 saturated heterocycles. The third kappa shape index (κ3) is 8.16. The summed E-state index contributed by atoms with van der Waals surface area (Å²) in [6, 6.07) is 0. The van der Waals surface area contributed by atoms with Crippen molar-refractivity contribution in [1.29, 1.82) is 0 Å². The van der Waals surface area contributed by atoms with Crippen LogP contribution in [-0.4, -0.2) is 110 Å². The average molecular weight is 676 g/mol. The van der Waals surface area contributed by atoms with Crippen LogP contribution < -0.4 is 5.32 Å². The number of methoxy groups -OCH3 is 1. The van der Waals surface area contributed by atoms with Gasteiger partial charge in [-0.2, -0.15) is 0 Å². The topological polar surface area (TPSA) is 189 Å². The minimum atomic E-state index is -1.84. The Kier molecular flexibility index (Phi) is 14.1. The van der Waals surface area contributed by atoms with Crippen LogP contribution in [0.3, 0.4) is 0 Å². The molecule has 13 heteroatoms. The van der Waals surface area contributed by atoms with Gasteiger partial charge >= 0.3 is 5.97 Å². The van der Waals surface area contributed by atoms with Crippen LogP contribution >= 0.6 is 0 Å². The number of rotatable bonds is 16. The number of ether oxygens (including phenoxy) is 2. The van der Waals surface area contributed by atoms with E-state index in [1.165, 1.54) is 19.1 Å². The molecule has 48 heavy (non-hydrogen) atoms. The lowest BCUT2D eigenvalue weighted by Gasteiger charge is -2.51. The lowest BCUT2D eigenvalue weighted by atomic mass is 9.68. The predicted octanol–water partition coefficient (Wildman–Crippen LogP) is 2.57. The van der Waals surface area contributed by atoms with Gasteiger partial charge in [0.2, 0.25) is 17.4 Å². The van der Waals surface area contributed by atoms with Crippen molar-refractivity contribution in [1.82, 2.24) is 15.4 Å². The maximum Gasteiger partial charge on any atom is 0.338 e. The first kappa shape index (κ1) is 40.6. The van der Waals surface area contributed by atoms with E-state index in [2.05, 4.69) is 5.32 Å². The molecule has 0 radical (unpaired) electrons. The maximum atomic E-state index is 12.9. The summed E-state index contributed by atoms with van der Waals surface area (Å²) >= 11 is 0. The van der Waals surface area contributed by atoms with Gasteiger partial charge in [-0.05, 0) is 58.1 Å². The molecule has 268 valence electrons. The number of carbonyl (C=O) groups is 3. The van der Waals surface area contributed by atoms with Crippen LogP contribution in [0.25, 0.3) is 0 Å². The molecule has 7 atom stereocenters.